The van der Waals surface area contributed by atoms with Gasteiger partial charge in [-0.15, -0.1) is 0 Å². The van der Waals surface area contributed by atoms with Crippen molar-refractivity contribution in [2.75, 3.05) is 0 Å². The molecule has 0 fully saturated rings. The van der Waals surface area contributed by atoms with Crippen LogP contribution in [-0.2, 0) is 0 Å². The second kappa shape index (κ2) is 138. The van der Waals surface area contributed by atoms with Gasteiger partial charge in [0.2, 0.25) is 0 Å². The van der Waals surface area contributed by atoms with Gasteiger partial charge in [-0.2, -0.15) is 0 Å². The van der Waals surface area contributed by atoms with Crippen LogP contribution in [-0.4, -0.2) is 164 Å². The Hall–Kier alpha value is 4.70. The molecule has 0 spiro atoms. The summed E-state index contributed by atoms with van der Waals surface area (Å²) >= 11 is 0. The van der Waals surface area contributed by atoms with Gasteiger partial charge in [0, 0.05) is 0 Å². The van der Waals surface area contributed by atoms with Crippen molar-refractivity contribution in [3.63, 3.8) is 0 Å². The summed E-state index contributed by atoms with van der Waals surface area (Å²) in [5, 5.41) is 139. The van der Waals surface area contributed by atoms with Crippen LogP contribution in [0.2, 0.25) is 0 Å². The van der Waals surface area contributed by atoms with Crippen molar-refractivity contribution in [3.8, 4) is 0 Å². The number of carboxylic acid groups (broad SMARTS) is 20. The molecular formula is C10H32Na12O30. The Bertz CT molecular complexity index is 547. The molecule has 30 nitrogen and oxygen atoms in total. The molecule has 0 heterocycles. The van der Waals surface area contributed by atoms with Crippen LogP contribution in [0.25, 0.3) is 0 Å². The first-order valence-electron chi connectivity index (χ1n) is 6.51. The van der Waals surface area contributed by atoms with Gasteiger partial charge in [-0.3, -0.25) is 0 Å². The zero-order chi connectivity index (χ0) is 35.8. The first-order valence-corrected chi connectivity index (χ1v) is 6.51. The molecule has 0 aromatic heterocycles. The summed E-state index contributed by atoms with van der Waals surface area (Å²) in [6, 6.07) is 0. The summed E-state index contributed by atoms with van der Waals surface area (Å²) in [5.41, 5.74) is 0. The van der Waals surface area contributed by atoms with E-state index in [1.807, 2.05) is 0 Å². The maximum atomic E-state index is 8.56. The second-order valence-corrected chi connectivity index (χ2v) is 2.83. The first kappa shape index (κ1) is 146. The van der Waals surface area contributed by atoms with E-state index in [1.54, 1.807) is 0 Å². The zero-order valence-corrected chi connectivity index (χ0v) is 54.0. The van der Waals surface area contributed by atoms with E-state index in [-0.39, 0.29) is 372 Å². The normalized spacial score (nSPS) is 4.62. The third kappa shape index (κ3) is 7140. The summed E-state index contributed by atoms with van der Waals surface area (Å²) in [4.78, 5) is 85.6. The van der Waals surface area contributed by atoms with Crippen LogP contribution in [0.5, 0.6) is 0 Å². The molecule has 0 bridgehead atoms. The molecule has 0 radical (unpaired) electrons. The molecule has 0 aromatic carbocycles. The fourth-order valence-electron chi connectivity index (χ4n) is 0. The fourth-order valence-corrected chi connectivity index (χ4v) is 0. The zero-order valence-electron chi connectivity index (χ0n) is 42.0. The first-order chi connectivity index (χ1) is 17.3. The second-order valence-electron chi connectivity index (χ2n) is 2.83. The molecule has 264 valence electrons. The summed E-state index contributed by atoms with van der Waals surface area (Å²) in [6.07, 6.45) is -18.3. The van der Waals surface area contributed by atoms with Gasteiger partial charge in [-0.25, -0.2) is 47.9 Å². The molecule has 0 saturated carbocycles. The smallest absolute Gasteiger partial charge is 1.00 e. The predicted octanol–water partition coefficient (Wildman–Crippen LogP) is -32.4. The van der Waals surface area contributed by atoms with E-state index in [0.29, 0.717) is 0 Å². The van der Waals surface area contributed by atoms with Gasteiger partial charge in [0.15, 0.2) is 0 Å². The molecule has 42 heteroatoms. The van der Waals surface area contributed by atoms with E-state index in [9.17, 15) is 0 Å². The number of rotatable bonds is 0. The van der Waals surface area contributed by atoms with Crippen LogP contribution in [0.3, 0.4) is 0 Å². The fraction of sp³-hybridized carbons (Fsp3) is 0. The Kier molecular flexibility index (Phi) is 389. The molecule has 0 amide bonds. The van der Waals surface area contributed by atoms with Crippen LogP contribution >= 0.6 is 0 Å². The monoisotopic (exact) mass is 908 g/mol. The molecule has 0 aliphatic rings. The summed E-state index contributed by atoms with van der Waals surface area (Å²) in [6.45, 7) is 0. The van der Waals surface area contributed by atoms with Crippen LogP contribution < -0.4 is 355 Å². The number of hydrogen-bond donors (Lipinski definition) is 20. The molecule has 20 N–H and O–H groups in total. The molecule has 0 rings (SSSR count). The van der Waals surface area contributed by atoms with Crippen molar-refractivity contribution in [1.29, 1.82) is 0 Å². The Morgan fingerprint density at radius 1 is 0.154 bits per heavy atom. The molecule has 0 aromatic rings. The van der Waals surface area contributed by atoms with E-state index in [0.717, 1.165) is 0 Å². The van der Waals surface area contributed by atoms with Crippen molar-refractivity contribution in [1.82, 2.24) is 0 Å². The van der Waals surface area contributed by atoms with Gasteiger partial charge in [0.1, 0.15) is 0 Å². The molecule has 0 saturated heterocycles. The molecule has 0 aliphatic carbocycles. The third-order valence-corrected chi connectivity index (χ3v) is 0. The predicted molar refractivity (Wildman–Crippen MR) is 120 cm³/mol. The molecule has 0 atom stereocenters. The van der Waals surface area contributed by atoms with Crippen molar-refractivity contribution >= 4 is 61.6 Å². The Balaban J connectivity index is -0.00000000469. The maximum absolute atomic E-state index is 8.56. The summed E-state index contributed by atoms with van der Waals surface area (Å²) in [5.74, 6) is 0. The standard InChI is InChI=1S/10CH2O3.12Na.12H/c10*2-1(3)4;;;;;;;;;;;;;;;;;;;;;;;;/h10*(H2,2,3,4);;;;;;;;;;;;;;;;;;;;;;;;/q;;;;;;;;;;12*+1;12*-1. The maximum Gasteiger partial charge on any atom is 1.00 e. The average molecular weight is 908 g/mol. The average Bonchev–Trinajstić information content (AvgIpc) is 2.47. The van der Waals surface area contributed by atoms with Crippen LogP contribution in [0, 0.1) is 0 Å². The minimum absolute atomic E-state index is 0. The van der Waals surface area contributed by atoms with E-state index in [1.165, 1.54) is 0 Å². The Labute approximate surface area is 571 Å². The topological polar surface area (TPSA) is 575 Å². The van der Waals surface area contributed by atoms with Gasteiger partial charge in [-0.1, -0.05) is 0 Å². The van der Waals surface area contributed by atoms with E-state index >= 15 is 0 Å². The van der Waals surface area contributed by atoms with Gasteiger partial charge in [0.25, 0.3) is 0 Å². The number of carbonyl (C=O) groups is 10. The van der Waals surface area contributed by atoms with Crippen molar-refractivity contribution < 1.29 is 522 Å². The third-order valence-electron chi connectivity index (χ3n) is 0. The minimum Gasteiger partial charge on any atom is -1.00 e. The molecule has 52 heavy (non-hydrogen) atoms. The SMILES string of the molecule is O=C(O)O.O=C(O)O.O=C(O)O.O=C(O)O.O=C(O)O.O=C(O)O.O=C(O)O.O=C(O)O.O=C(O)O.O=C(O)O.[H-].[H-].[H-].[H-].[H-].[H-].[H-].[H-].[H-].[H-].[H-].[H-].[Na+].[Na+].[Na+].[Na+].[Na+].[Na+].[Na+].[Na+].[Na+].[Na+].[Na+].[Na+]. The van der Waals surface area contributed by atoms with E-state index < -0.39 is 61.6 Å². The van der Waals surface area contributed by atoms with E-state index in [2.05, 4.69) is 0 Å². The Morgan fingerprint density at radius 2 is 0.154 bits per heavy atom. The summed E-state index contributed by atoms with van der Waals surface area (Å²) < 4.78 is 0. The minimum atomic E-state index is -1.83. The van der Waals surface area contributed by atoms with Gasteiger partial charge in [-0.05, 0) is 0 Å². The van der Waals surface area contributed by atoms with Crippen LogP contribution in [0.1, 0.15) is 17.1 Å². The molecule has 0 aliphatic heterocycles. The van der Waals surface area contributed by atoms with Crippen LogP contribution in [0.4, 0.5) is 47.9 Å². The van der Waals surface area contributed by atoms with Crippen molar-refractivity contribution in [2.45, 2.75) is 0 Å². The Morgan fingerprint density at radius 3 is 0.154 bits per heavy atom. The molecule has 0 unspecified atom stereocenters. The van der Waals surface area contributed by atoms with Gasteiger partial charge >= 0.3 is 416 Å². The van der Waals surface area contributed by atoms with Crippen LogP contribution in [0.15, 0.2) is 0 Å². The van der Waals surface area contributed by atoms with Crippen molar-refractivity contribution in [2.24, 2.45) is 0 Å². The largest absolute Gasteiger partial charge is 1.00 e. The van der Waals surface area contributed by atoms with Gasteiger partial charge in [0.05, 0.1) is 0 Å². The quantitative estimate of drug-likeness (QED) is 0.100. The molecular weight excluding hydrogens is 876 g/mol. The van der Waals surface area contributed by atoms with E-state index in [4.69, 9.17) is 150 Å². The van der Waals surface area contributed by atoms with Crippen molar-refractivity contribution in [3.05, 3.63) is 0 Å². The summed E-state index contributed by atoms with van der Waals surface area (Å²) in [7, 11) is 0. The van der Waals surface area contributed by atoms with Gasteiger partial charge < -0.3 is 119 Å². The number of hydrogen-bond acceptors (Lipinski definition) is 10.